The number of carbonyl (C=O) groups is 1. The average Bonchev–Trinajstić information content (AvgIpc) is 2.49. The smallest absolute Gasteiger partial charge is 0.291 e. The molecule has 0 radical (unpaired) electrons. The summed E-state index contributed by atoms with van der Waals surface area (Å²) in [7, 11) is 0. The predicted octanol–water partition coefficient (Wildman–Crippen LogP) is 2.58. The van der Waals surface area contributed by atoms with E-state index in [4.69, 9.17) is 4.42 Å². The highest BCUT2D eigenvalue weighted by molar-refractivity contribution is 6.02. The first-order valence-electron chi connectivity index (χ1n) is 6.08. The first kappa shape index (κ1) is 13.0. The van der Waals surface area contributed by atoms with Crippen molar-refractivity contribution in [3.05, 3.63) is 70.6 Å². The zero-order chi connectivity index (χ0) is 14.8. The lowest BCUT2D eigenvalue weighted by molar-refractivity contribution is 0.0997. The van der Waals surface area contributed by atoms with Gasteiger partial charge in [-0.05, 0) is 30.3 Å². The summed E-state index contributed by atoms with van der Waals surface area (Å²) in [5, 5.41) is 2.64. The molecule has 2 heterocycles. The number of fused-ring (bicyclic) bond motifs is 1. The van der Waals surface area contributed by atoms with E-state index in [0.29, 0.717) is 5.69 Å². The van der Waals surface area contributed by atoms with Crippen molar-refractivity contribution in [3.8, 4) is 0 Å². The number of nitrogens with one attached hydrogen (secondary N) is 1. The Kier molecular flexibility index (Phi) is 3.19. The Bertz CT molecular complexity index is 875. The minimum absolute atomic E-state index is 0.0907. The van der Waals surface area contributed by atoms with Gasteiger partial charge in [-0.15, -0.1) is 0 Å². The molecule has 2 aromatic heterocycles. The quantitative estimate of drug-likeness (QED) is 0.785. The van der Waals surface area contributed by atoms with E-state index in [0.717, 1.165) is 18.2 Å². The number of carbonyl (C=O) groups excluding carboxylic acids is 1. The van der Waals surface area contributed by atoms with Crippen molar-refractivity contribution in [3.63, 3.8) is 0 Å². The normalized spacial score (nSPS) is 10.5. The first-order chi connectivity index (χ1) is 10.1. The molecule has 0 atom stereocenters. The number of benzene rings is 1. The Hall–Kier alpha value is -3.02. The lowest BCUT2D eigenvalue weighted by Gasteiger charge is -2.04. The third-order valence-corrected chi connectivity index (χ3v) is 2.83. The molecule has 6 heteroatoms. The van der Waals surface area contributed by atoms with Gasteiger partial charge in [-0.1, -0.05) is 0 Å². The Morgan fingerprint density at radius 2 is 2.10 bits per heavy atom. The minimum Gasteiger partial charge on any atom is -0.451 e. The van der Waals surface area contributed by atoms with Crippen molar-refractivity contribution in [1.82, 2.24) is 4.98 Å². The van der Waals surface area contributed by atoms with Crippen LogP contribution in [0, 0.1) is 5.82 Å². The number of rotatable bonds is 2. The summed E-state index contributed by atoms with van der Waals surface area (Å²) in [5.74, 6) is -1.27. The van der Waals surface area contributed by atoms with Crippen LogP contribution in [0.1, 0.15) is 10.6 Å². The first-order valence-corrected chi connectivity index (χ1v) is 6.08. The van der Waals surface area contributed by atoms with E-state index in [2.05, 4.69) is 10.3 Å². The van der Waals surface area contributed by atoms with E-state index in [1.807, 2.05) is 0 Å². The lowest BCUT2D eigenvalue weighted by atomic mass is 10.2. The van der Waals surface area contributed by atoms with Crippen molar-refractivity contribution in [1.29, 1.82) is 0 Å². The summed E-state index contributed by atoms with van der Waals surface area (Å²) in [4.78, 5) is 27.8. The highest BCUT2D eigenvalue weighted by Gasteiger charge is 2.13. The highest BCUT2D eigenvalue weighted by atomic mass is 19.1. The van der Waals surface area contributed by atoms with E-state index in [-0.39, 0.29) is 16.7 Å². The largest absolute Gasteiger partial charge is 0.451 e. The summed E-state index contributed by atoms with van der Waals surface area (Å²) in [6.45, 7) is 0. The van der Waals surface area contributed by atoms with Gasteiger partial charge in [0.2, 0.25) is 0 Å². The maximum absolute atomic E-state index is 13.1. The highest BCUT2D eigenvalue weighted by Crippen LogP contribution is 2.15. The fraction of sp³-hybridized carbons (Fsp3) is 0. The Labute approximate surface area is 118 Å². The molecule has 3 aromatic rings. The fourth-order valence-corrected chi connectivity index (χ4v) is 1.87. The van der Waals surface area contributed by atoms with Gasteiger partial charge in [0.05, 0.1) is 17.3 Å². The number of anilines is 1. The average molecular weight is 284 g/mol. The molecule has 0 saturated carbocycles. The molecule has 0 saturated heterocycles. The maximum atomic E-state index is 13.1. The second-order valence-electron chi connectivity index (χ2n) is 4.31. The van der Waals surface area contributed by atoms with Gasteiger partial charge in [-0.25, -0.2) is 4.39 Å². The van der Waals surface area contributed by atoms with Gasteiger partial charge in [-0.3, -0.25) is 14.6 Å². The summed E-state index contributed by atoms with van der Waals surface area (Å²) in [6.07, 6.45) is 3.03. The molecule has 5 nitrogen and oxygen atoms in total. The molecule has 1 amide bonds. The molecule has 0 unspecified atom stereocenters. The van der Waals surface area contributed by atoms with Crippen LogP contribution in [-0.4, -0.2) is 10.9 Å². The molecule has 0 fully saturated rings. The predicted molar refractivity (Wildman–Crippen MR) is 74.6 cm³/mol. The molecule has 0 aliphatic rings. The molecule has 0 aliphatic heterocycles. The second-order valence-corrected chi connectivity index (χ2v) is 4.31. The molecule has 1 N–H and O–H groups in total. The zero-order valence-corrected chi connectivity index (χ0v) is 10.7. The Morgan fingerprint density at radius 1 is 1.24 bits per heavy atom. The third kappa shape index (κ3) is 2.64. The van der Waals surface area contributed by atoms with Gasteiger partial charge in [-0.2, -0.15) is 0 Å². The molecular formula is C15H9FN2O3. The van der Waals surface area contributed by atoms with Gasteiger partial charge in [0.1, 0.15) is 11.4 Å². The van der Waals surface area contributed by atoms with Crippen LogP contribution in [0.5, 0.6) is 0 Å². The summed E-state index contributed by atoms with van der Waals surface area (Å²) >= 11 is 0. The SMILES string of the molecule is O=C(Nc1cccnc1)c1cc(=O)c2cc(F)ccc2o1. The van der Waals surface area contributed by atoms with Crippen molar-refractivity contribution < 1.29 is 13.6 Å². The lowest BCUT2D eigenvalue weighted by Crippen LogP contribution is -2.15. The second kappa shape index (κ2) is 5.16. The molecule has 3 rings (SSSR count). The van der Waals surface area contributed by atoms with Crippen molar-refractivity contribution >= 4 is 22.6 Å². The van der Waals surface area contributed by atoms with Crippen LogP contribution in [0.25, 0.3) is 11.0 Å². The number of halogens is 1. The van der Waals surface area contributed by atoms with Crippen molar-refractivity contribution in [2.24, 2.45) is 0 Å². The third-order valence-electron chi connectivity index (χ3n) is 2.83. The number of hydrogen-bond acceptors (Lipinski definition) is 4. The van der Waals surface area contributed by atoms with Gasteiger partial charge < -0.3 is 9.73 Å². The van der Waals surface area contributed by atoms with Crippen LogP contribution >= 0.6 is 0 Å². The molecule has 21 heavy (non-hydrogen) atoms. The van der Waals surface area contributed by atoms with E-state index < -0.39 is 17.2 Å². The molecule has 0 spiro atoms. The molecule has 104 valence electrons. The number of nitrogens with zero attached hydrogens (tertiary/aromatic N) is 1. The fourth-order valence-electron chi connectivity index (χ4n) is 1.87. The number of amides is 1. The van der Waals surface area contributed by atoms with E-state index in [1.54, 1.807) is 18.3 Å². The number of pyridine rings is 1. The topological polar surface area (TPSA) is 72.2 Å². The van der Waals surface area contributed by atoms with Crippen LogP contribution in [0.15, 0.2) is 58.0 Å². The van der Waals surface area contributed by atoms with Crippen LogP contribution in [0.3, 0.4) is 0 Å². The van der Waals surface area contributed by atoms with Gasteiger partial charge in [0.15, 0.2) is 11.2 Å². The van der Waals surface area contributed by atoms with E-state index in [1.165, 1.54) is 12.3 Å². The van der Waals surface area contributed by atoms with Crippen molar-refractivity contribution in [2.75, 3.05) is 5.32 Å². The van der Waals surface area contributed by atoms with Crippen LogP contribution < -0.4 is 10.7 Å². The monoisotopic (exact) mass is 284 g/mol. The summed E-state index contributed by atoms with van der Waals surface area (Å²) < 4.78 is 18.4. The molecular weight excluding hydrogens is 275 g/mol. The Balaban J connectivity index is 1.99. The molecule has 0 aliphatic carbocycles. The van der Waals surface area contributed by atoms with Crippen LogP contribution in [0.4, 0.5) is 10.1 Å². The van der Waals surface area contributed by atoms with Gasteiger partial charge in [0, 0.05) is 12.3 Å². The maximum Gasteiger partial charge on any atom is 0.291 e. The minimum atomic E-state index is -0.577. The van der Waals surface area contributed by atoms with Gasteiger partial charge in [0.25, 0.3) is 5.91 Å². The van der Waals surface area contributed by atoms with Crippen LogP contribution in [0.2, 0.25) is 0 Å². The zero-order valence-electron chi connectivity index (χ0n) is 10.7. The summed E-state index contributed by atoms with van der Waals surface area (Å²) in [6, 6.07) is 7.90. The number of hydrogen-bond donors (Lipinski definition) is 1. The summed E-state index contributed by atoms with van der Waals surface area (Å²) in [5.41, 5.74) is 0.150. The van der Waals surface area contributed by atoms with E-state index >= 15 is 0 Å². The van der Waals surface area contributed by atoms with Crippen LogP contribution in [-0.2, 0) is 0 Å². The van der Waals surface area contributed by atoms with E-state index in [9.17, 15) is 14.0 Å². The van der Waals surface area contributed by atoms with Crippen molar-refractivity contribution in [2.45, 2.75) is 0 Å². The Morgan fingerprint density at radius 3 is 2.86 bits per heavy atom. The molecule has 1 aromatic carbocycles. The molecule has 0 bridgehead atoms. The number of aromatic nitrogens is 1. The standard InChI is InChI=1S/C15H9FN2O3/c16-9-3-4-13-11(6-9)12(19)7-14(21-13)15(20)18-10-2-1-5-17-8-10/h1-8H,(H,18,20). The van der Waals surface area contributed by atoms with Gasteiger partial charge >= 0.3 is 0 Å².